The Kier molecular flexibility index (Phi) is 3.62. The van der Waals surface area contributed by atoms with Gasteiger partial charge in [0.05, 0.1) is 5.56 Å². The van der Waals surface area contributed by atoms with Crippen LogP contribution < -0.4 is 4.43 Å². The van der Waals surface area contributed by atoms with Gasteiger partial charge in [-0.15, -0.1) is 0 Å². The number of hydrogen-bond acceptors (Lipinski definition) is 2. The van der Waals surface area contributed by atoms with Crippen molar-refractivity contribution in [2.24, 2.45) is 0 Å². The third-order valence-electron chi connectivity index (χ3n) is 4.86. The Morgan fingerprint density at radius 1 is 1.25 bits per heavy atom. The lowest BCUT2D eigenvalue weighted by atomic mass is 9.98. The van der Waals surface area contributed by atoms with Crippen molar-refractivity contribution in [1.82, 2.24) is 0 Å². The van der Waals surface area contributed by atoms with E-state index < -0.39 is 8.32 Å². The van der Waals surface area contributed by atoms with Gasteiger partial charge in [-0.05, 0) is 48.2 Å². The van der Waals surface area contributed by atoms with Gasteiger partial charge < -0.3 is 4.43 Å². The maximum Gasteiger partial charge on any atom is 0.250 e. The molecule has 0 radical (unpaired) electrons. The molecule has 1 unspecified atom stereocenters. The molecular weight excluding hydrogens is 264 g/mol. The summed E-state index contributed by atoms with van der Waals surface area (Å²) in [5, 5.41) is 0.137. The number of carbonyl (C=O) groups is 1. The summed E-state index contributed by atoms with van der Waals surface area (Å²) in [5.74, 6) is 1.37. The van der Waals surface area contributed by atoms with E-state index in [1.165, 1.54) is 11.1 Å². The third-order valence-corrected chi connectivity index (χ3v) is 9.20. The van der Waals surface area contributed by atoms with Gasteiger partial charge in [0, 0.05) is 6.42 Å². The van der Waals surface area contributed by atoms with Gasteiger partial charge >= 0.3 is 0 Å². The summed E-state index contributed by atoms with van der Waals surface area (Å²) >= 11 is 0. The lowest BCUT2D eigenvalue weighted by molar-refractivity contribution is 0.0988. The van der Waals surface area contributed by atoms with E-state index >= 15 is 0 Å². The summed E-state index contributed by atoms with van der Waals surface area (Å²) in [5.41, 5.74) is 3.26. The van der Waals surface area contributed by atoms with E-state index in [9.17, 15) is 4.79 Å². The van der Waals surface area contributed by atoms with Crippen molar-refractivity contribution in [3.05, 3.63) is 28.8 Å². The van der Waals surface area contributed by atoms with Gasteiger partial charge in [-0.3, -0.25) is 4.79 Å². The van der Waals surface area contributed by atoms with Gasteiger partial charge in [-0.1, -0.05) is 33.8 Å². The average Bonchev–Trinajstić information content (AvgIpc) is 2.57. The maximum absolute atomic E-state index is 12.3. The molecule has 1 aromatic rings. The number of aryl methyl sites for hydroxylation is 1. The zero-order valence-corrected chi connectivity index (χ0v) is 14.8. The molecule has 1 aliphatic rings. The summed E-state index contributed by atoms with van der Waals surface area (Å²) in [4.78, 5) is 12.3. The molecule has 20 heavy (non-hydrogen) atoms. The summed E-state index contributed by atoms with van der Waals surface area (Å²) in [7, 11) is -1.91. The van der Waals surface area contributed by atoms with E-state index in [2.05, 4.69) is 53.8 Å². The highest BCUT2D eigenvalue weighted by molar-refractivity contribution is 6.74. The minimum atomic E-state index is -1.91. The fourth-order valence-electron chi connectivity index (χ4n) is 2.62. The zero-order chi connectivity index (χ0) is 15.3. The molecule has 1 aliphatic carbocycles. The van der Waals surface area contributed by atoms with Crippen LogP contribution >= 0.6 is 0 Å². The normalized spacial score (nSPS) is 19.1. The van der Waals surface area contributed by atoms with E-state index in [4.69, 9.17) is 4.43 Å². The highest BCUT2D eigenvalue weighted by Crippen LogP contribution is 2.43. The van der Waals surface area contributed by atoms with Crippen LogP contribution in [0.5, 0.6) is 5.75 Å². The molecule has 0 aromatic heterocycles. The molecule has 2 nitrogen and oxygen atoms in total. The van der Waals surface area contributed by atoms with Crippen LogP contribution in [0.4, 0.5) is 0 Å². The molecule has 2 rings (SSSR count). The van der Waals surface area contributed by atoms with Crippen molar-refractivity contribution in [3.8, 4) is 5.75 Å². The standard InChI is InChI=1S/C17H26O2Si/c1-11-8-9-14(19-20(6,7)17(3,4)5)16-13(18)10-12(2)15(11)16/h8-9,12H,10H2,1-7H3. The minimum Gasteiger partial charge on any atom is -0.543 e. The van der Waals surface area contributed by atoms with E-state index in [1.54, 1.807) is 0 Å². The van der Waals surface area contributed by atoms with Gasteiger partial charge in [0.1, 0.15) is 5.75 Å². The van der Waals surface area contributed by atoms with Crippen LogP contribution in [0.15, 0.2) is 12.1 Å². The number of ketones is 1. The number of fused-ring (bicyclic) bond motifs is 1. The molecule has 0 aliphatic heterocycles. The maximum atomic E-state index is 12.3. The van der Waals surface area contributed by atoms with Crippen molar-refractivity contribution in [2.45, 2.75) is 65.1 Å². The first kappa shape index (κ1) is 15.3. The number of benzene rings is 1. The minimum absolute atomic E-state index is 0.137. The first-order chi connectivity index (χ1) is 9.04. The topological polar surface area (TPSA) is 26.3 Å². The fourth-order valence-corrected chi connectivity index (χ4v) is 3.65. The van der Waals surface area contributed by atoms with Crippen molar-refractivity contribution in [1.29, 1.82) is 0 Å². The Morgan fingerprint density at radius 3 is 2.40 bits per heavy atom. The van der Waals surface area contributed by atoms with E-state index in [0.29, 0.717) is 12.3 Å². The highest BCUT2D eigenvalue weighted by atomic mass is 28.4. The van der Waals surface area contributed by atoms with Crippen LogP contribution in [0.3, 0.4) is 0 Å². The molecule has 3 heteroatoms. The first-order valence-electron chi connectivity index (χ1n) is 7.40. The molecule has 0 saturated carbocycles. The van der Waals surface area contributed by atoms with Crippen LogP contribution in [0.25, 0.3) is 0 Å². The van der Waals surface area contributed by atoms with Gasteiger partial charge in [0.25, 0.3) is 8.32 Å². The predicted octanol–water partition coefficient (Wildman–Crippen LogP) is 5.07. The van der Waals surface area contributed by atoms with Crippen LogP contribution in [-0.2, 0) is 0 Å². The number of rotatable bonds is 2. The molecule has 0 amide bonds. The quantitative estimate of drug-likeness (QED) is 0.711. The number of Topliss-reactive ketones (excluding diaryl/α,β-unsaturated/α-hetero) is 1. The van der Waals surface area contributed by atoms with Crippen molar-refractivity contribution in [2.75, 3.05) is 0 Å². The SMILES string of the molecule is Cc1ccc(O[Si](C)(C)C(C)(C)C)c2c1C(C)CC2=O. The summed E-state index contributed by atoms with van der Waals surface area (Å²) in [6.07, 6.45) is 0.619. The predicted molar refractivity (Wildman–Crippen MR) is 86.4 cm³/mol. The van der Waals surface area contributed by atoms with Crippen LogP contribution in [0, 0.1) is 6.92 Å². The van der Waals surface area contributed by atoms with Gasteiger partial charge in [0.2, 0.25) is 0 Å². The van der Waals surface area contributed by atoms with Gasteiger partial charge in [0.15, 0.2) is 5.78 Å². The van der Waals surface area contributed by atoms with Crippen molar-refractivity contribution in [3.63, 3.8) is 0 Å². The third kappa shape index (κ3) is 2.44. The molecule has 1 aromatic carbocycles. The molecule has 0 heterocycles. The molecule has 0 fully saturated rings. The van der Waals surface area contributed by atoms with Gasteiger partial charge in [-0.25, -0.2) is 0 Å². The van der Waals surface area contributed by atoms with Crippen LogP contribution in [0.1, 0.15) is 61.5 Å². The lowest BCUT2D eigenvalue weighted by Gasteiger charge is -2.37. The average molecular weight is 290 g/mol. The van der Waals surface area contributed by atoms with Crippen LogP contribution in [0.2, 0.25) is 18.1 Å². The van der Waals surface area contributed by atoms with Gasteiger partial charge in [-0.2, -0.15) is 0 Å². The molecule has 0 spiro atoms. The second-order valence-corrected chi connectivity index (χ2v) is 12.3. The Hall–Kier alpha value is -1.09. The molecule has 1 atom stereocenters. The highest BCUT2D eigenvalue weighted by Gasteiger charge is 2.41. The Bertz CT molecular complexity index is 553. The number of carbonyl (C=O) groups excluding carboxylic acids is 1. The van der Waals surface area contributed by atoms with Crippen molar-refractivity contribution >= 4 is 14.1 Å². The van der Waals surface area contributed by atoms with Crippen LogP contribution in [-0.4, -0.2) is 14.1 Å². The van der Waals surface area contributed by atoms with E-state index in [-0.39, 0.29) is 10.8 Å². The first-order valence-corrected chi connectivity index (χ1v) is 10.3. The smallest absolute Gasteiger partial charge is 0.250 e. The largest absolute Gasteiger partial charge is 0.543 e. The second kappa shape index (κ2) is 4.73. The lowest BCUT2D eigenvalue weighted by Crippen LogP contribution is -2.44. The second-order valence-electron chi connectivity index (χ2n) is 7.56. The Labute approximate surface area is 123 Å². The molecular formula is C17H26O2Si. The molecule has 0 saturated heterocycles. The molecule has 0 bridgehead atoms. The zero-order valence-electron chi connectivity index (χ0n) is 13.8. The Morgan fingerprint density at radius 2 is 1.85 bits per heavy atom. The molecule has 110 valence electrons. The van der Waals surface area contributed by atoms with Crippen molar-refractivity contribution < 1.29 is 9.22 Å². The summed E-state index contributed by atoms with van der Waals surface area (Å²) in [6, 6.07) is 4.08. The monoisotopic (exact) mass is 290 g/mol. The summed E-state index contributed by atoms with van der Waals surface area (Å²) in [6.45, 7) is 15.3. The fraction of sp³-hybridized carbons (Fsp3) is 0.588. The van der Waals surface area contributed by atoms with E-state index in [1.807, 2.05) is 6.07 Å². The molecule has 0 N–H and O–H groups in total. The van der Waals surface area contributed by atoms with E-state index in [0.717, 1.165) is 11.3 Å². The Balaban J connectivity index is 2.49. The number of hydrogen-bond donors (Lipinski definition) is 0. The summed E-state index contributed by atoms with van der Waals surface area (Å²) < 4.78 is 6.40.